The molecule has 0 aliphatic carbocycles. The molecule has 0 amide bonds. The summed E-state index contributed by atoms with van der Waals surface area (Å²) in [4.78, 5) is 6.54. The Morgan fingerprint density at radius 3 is 2.61 bits per heavy atom. The van der Waals surface area contributed by atoms with Crippen molar-refractivity contribution in [3.63, 3.8) is 0 Å². The van der Waals surface area contributed by atoms with Gasteiger partial charge in [-0.2, -0.15) is 0 Å². The summed E-state index contributed by atoms with van der Waals surface area (Å²) in [7, 11) is 0. The number of hydrogen-bond donors (Lipinski definition) is 0. The van der Waals surface area contributed by atoms with Gasteiger partial charge < -0.3 is 0 Å². The highest BCUT2D eigenvalue weighted by atomic mass is 32.1. The van der Waals surface area contributed by atoms with Gasteiger partial charge in [-0.25, -0.2) is 13.8 Å². The summed E-state index contributed by atoms with van der Waals surface area (Å²) < 4.78 is 27.9. The van der Waals surface area contributed by atoms with Crippen molar-refractivity contribution in [2.45, 2.75) is 6.42 Å². The minimum absolute atomic E-state index is 0.237. The number of hydrogen-bond acceptors (Lipinski definition) is 3. The van der Waals surface area contributed by atoms with Crippen molar-refractivity contribution < 1.29 is 8.78 Å². The highest BCUT2D eigenvalue weighted by Gasteiger charge is 2.10. The van der Waals surface area contributed by atoms with Crippen molar-refractivity contribution in [3.8, 4) is 10.4 Å². The second-order valence-corrected chi connectivity index (χ2v) is 7.43. The van der Waals surface area contributed by atoms with E-state index < -0.39 is 0 Å². The molecule has 0 saturated carbocycles. The SMILES string of the molecule is Fc1cccc(-c2ccc(Cc3nc4c(F)cccc4s3)s2)c1. The van der Waals surface area contributed by atoms with Crippen molar-refractivity contribution in [1.29, 1.82) is 0 Å². The number of thiazole rings is 1. The zero-order valence-corrected chi connectivity index (χ0v) is 13.6. The predicted molar refractivity (Wildman–Crippen MR) is 92.1 cm³/mol. The molecule has 0 aliphatic heterocycles. The monoisotopic (exact) mass is 343 g/mol. The number of benzene rings is 2. The molecule has 0 unspecified atom stereocenters. The topological polar surface area (TPSA) is 12.9 Å². The summed E-state index contributed by atoms with van der Waals surface area (Å²) in [6.07, 6.45) is 0.665. The van der Waals surface area contributed by atoms with Gasteiger partial charge in [0.1, 0.15) is 17.2 Å². The molecular formula is C18H11F2NS2. The first-order valence-electron chi connectivity index (χ1n) is 7.07. The molecule has 0 fully saturated rings. The molecule has 2 heterocycles. The van der Waals surface area contributed by atoms with E-state index in [-0.39, 0.29) is 11.6 Å². The van der Waals surface area contributed by atoms with Gasteiger partial charge in [-0.15, -0.1) is 22.7 Å². The van der Waals surface area contributed by atoms with E-state index in [1.165, 1.54) is 29.5 Å². The third-order valence-electron chi connectivity index (χ3n) is 3.51. The Labute approximate surface area is 139 Å². The number of halogens is 2. The molecule has 0 radical (unpaired) electrons. The van der Waals surface area contributed by atoms with E-state index in [4.69, 9.17) is 0 Å². The van der Waals surface area contributed by atoms with Crippen LogP contribution in [0.15, 0.2) is 54.6 Å². The predicted octanol–water partition coefficient (Wildman–Crippen LogP) is 5.89. The molecule has 5 heteroatoms. The summed E-state index contributed by atoms with van der Waals surface area (Å²) in [6, 6.07) is 15.6. The van der Waals surface area contributed by atoms with Crippen molar-refractivity contribution in [2.24, 2.45) is 0 Å². The molecule has 2 aromatic heterocycles. The summed E-state index contributed by atoms with van der Waals surface area (Å²) in [5, 5.41) is 0.887. The molecule has 4 aromatic rings. The highest BCUT2D eigenvalue weighted by Crippen LogP contribution is 2.32. The first-order chi connectivity index (χ1) is 11.2. The van der Waals surface area contributed by atoms with Gasteiger partial charge in [0.25, 0.3) is 0 Å². The second-order valence-electron chi connectivity index (χ2n) is 5.15. The number of aromatic nitrogens is 1. The van der Waals surface area contributed by atoms with Crippen LogP contribution < -0.4 is 0 Å². The Balaban J connectivity index is 1.63. The largest absolute Gasteiger partial charge is 0.238 e. The molecule has 114 valence electrons. The van der Waals surface area contributed by atoms with Crippen molar-refractivity contribution in [2.75, 3.05) is 0 Å². The molecule has 23 heavy (non-hydrogen) atoms. The molecule has 4 rings (SSSR count). The number of rotatable bonds is 3. The van der Waals surface area contributed by atoms with E-state index in [2.05, 4.69) is 4.98 Å². The quantitative estimate of drug-likeness (QED) is 0.452. The maximum atomic E-state index is 13.7. The van der Waals surface area contributed by atoms with Crippen LogP contribution in [-0.4, -0.2) is 4.98 Å². The molecular weight excluding hydrogens is 332 g/mol. The molecule has 1 nitrogen and oxygen atoms in total. The third-order valence-corrected chi connectivity index (χ3v) is 5.67. The van der Waals surface area contributed by atoms with E-state index in [9.17, 15) is 8.78 Å². The zero-order valence-electron chi connectivity index (χ0n) is 11.9. The fraction of sp³-hybridized carbons (Fsp3) is 0.0556. The average Bonchev–Trinajstić information content (AvgIpc) is 3.15. The molecule has 0 aliphatic rings. The van der Waals surface area contributed by atoms with Crippen LogP contribution in [0, 0.1) is 11.6 Å². The number of thiophene rings is 1. The summed E-state index contributed by atoms with van der Waals surface area (Å²) in [5.74, 6) is -0.518. The zero-order chi connectivity index (χ0) is 15.8. The summed E-state index contributed by atoms with van der Waals surface area (Å²) in [6.45, 7) is 0. The Morgan fingerprint density at radius 1 is 0.913 bits per heavy atom. The van der Waals surface area contributed by atoms with E-state index in [0.717, 1.165) is 25.0 Å². The lowest BCUT2D eigenvalue weighted by molar-refractivity contribution is 0.628. The normalized spacial score (nSPS) is 11.2. The second kappa shape index (κ2) is 5.83. The Morgan fingerprint density at radius 2 is 1.78 bits per heavy atom. The molecule has 2 aromatic carbocycles. The number of nitrogens with zero attached hydrogens (tertiary/aromatic N) is 1. The van der Waals surface area contributed by atoms with Crippen LogP contribution in [0.25, 0.3) is 20.7 Å². The standard InChI is InChI=1S/C18H11F2NS2/c19-12-4-1-3-11(9-12)15-8-7-13(22-15)10-17-21-18-14(20)5-2-6-16(18)23-17/h1-9H,10H2. The van der Waals surface area contributed by atoms with Crippen molar-refractivity contribution in [1.82, 2.24) is 4.98 Å². The average molecular weight is 343 g/mol. The van der Waals surface area contributed by atoms with Gasteiger partial charge in [-0.1, -0.05) is 18.2 Å². The van der Waals surface area contributed by atoms with E-state index in [1.807, 2.05) is 24.3 Å². The van der Waals surface area contributed by atoms with Crippen molar-refractivity contribution in [3.05, 3.63) is 76.1 Å². The van der Waals surface area contributed by atoms with Gasteiger partial charge in [0.2, 0.25) is 0 Å². The van der Waals surface area contributed by atoms with Crippen LogP contribution in [0.5, 0.6) is 0 Å². The van der Waals surface area contributed by atoms with Gasteiger partial charge in [-0.3, -0.25) is 0 Å². The fourth-order valence-corrected chi connectivity index (χ4v) is 4.56. The van der Waals surface area contributed by atoms with Crippen LogP contribution in [0.2, 0.25) is 0 Å². The van der Waals surface area contributed by atoms with E-state index in [1.54, 1.807) is 23.5 Å². The van der Waals surface area contributed by atoms with Crippen LogP contribution in [0.4, 0.5) is 8.78 Å². The van der Waals surface area contributed by atoms with E-state index >= 15 is 0 Å². The Hall–Kier alpha value is -2.11. The van der Waals surface area contributed by atoms with Gasteiger partial charge in [0, 0.05) is 16.2 Å². The van der Waals surface area contributed by atoms with Crippen molar-refractivity contribution >= 4 is 32.9 Å². The first kappa shape index (κ1) is 14.5. The van der Waals surface area contributed by atoms with Gasteiger partial charge in [0.15, 0.2) is 0 Å². The lowest BCUT2D eigenvalue weighted by atomic mass is 10.2. The maximum absolute atomic E-state index is 13.7. The summed E-state index contributed by atoms with van der Waals surface area (Å²) in [5.41, 5.74) is 1.31. The minimum atomic E-state index is -0.281. The number of para-hydroxylation sites is 1. The smallest absolute Gasteiger partial charge is 0.150 e. The van der Waals surface area contributed by atoms with Crippen LogP contribution >= 0.6 is 22.7 Å². The van der Waals surface area contributed by atoms with Crippen LogP contribution in [-0.2, 0) is 6.42 Å². The van der Waals surface area contributed by atoms with Crippen LogP contribution in [0.1, 0.15) is 9.88 Å². The highest BCUT2D eigenvalue weighted by molar-refractivity contribution is 7.19. The van der Waals surface area contributed by atoms with Gasteiger partial charge in [-0.05, 0) is 42.0 Å². The maximum Gasteiger partial charge on any atom is 0.150 e. The fourth-order valence-electron chi connectivity index (χ4n) is 2.46. The first-order valence-corrected chi connectivity index (χ1v) is 8.71. The molecule has 0 saturated heterocycles. The lowest BCUT2D eigenvalue weighted by Gasteiger charge is -1.96. The minimum Gasteiger partial charge on any atom is -0.238 e. The Bertz CT molecular complexity index is 988. The van der Waals surface area contributed by atoms with Gasteiger partial charge >= 0.3 is 0 Å². The summed E-state index contributed by atoms with van der Waals surface area (Å²) >= 11 is 3.12. The molecule has 0 bridgehead atoms. The molecule has 0 atom stereocenters. The lowest BCUT2D eigenvalue weighted by Crippen LogP contribution is -1.82. The third kappa shape index (κ3) is 2.90. The van der Waals surface area contributed by atoms with Crippen LogP contribution in [0.3, 0.4) is 0 Å². The number of fused-ring (bicyclic) bond motifs is 1. The molecule has 0 spiro atoms. The van der Waals surface area contributed by atoms with Gasteiger partial charge in [0.05, 0.1) is 9.71 Å². The molecule has 0 N–H and O–H groups in total. The Kier molecular flexibility index (Phi) is 3.67. The van der Waals surface area contributed by atoms with E-state index in [0.29, 0.717) is 11.9 Å².